The number of amides is 1. The number of aromatic nitrogens is 2. The van der Waals surface area contributed by atoms with E-state index in [1.54, 1.807) is 21.0 Å². The molecule has 0 aromatic carbocycles. The minimum absolute atomic E-state index is 0.00528. The van der Waals surface area contributed by atoms with Crippen molar-refractivity contribution >= 4 is 5.91 Å². The molecule has 2 atom stereocenters. The van der Waals surface area contributed by atoms with Crippen molar-refractivity contribution in [3.05, 3.63) is 17.0 Å². The van der Waals surface area contributed by atoms with Crippen LogP contribution in [0.15, 0.2) is 0 Å². The Labute approximate surface area is 135 Å². The highest BCUT2D eigenvalue weighted by Crippen LogP contribution is 2.51. The van der Waals surface area contributed by atoms with E-state index < -0.39 is 6.55 Å². The van der Waals surface area contributed by atoms with Crippen molar-refractivity contribution in [1.29, 1.82) is 0 Å². The number of methoxy groups -OCH3 is 1. The zero-order valence-electron chi connectivity index (χ0n) is 14.5. The van der Waals surface area contributed by atoms with Crippen LogP contribution >= 0.6 is 0 Å². The zero-order valence-corrected chi connectivity index (χ0v) is 14.5. The summed E-state index contributed by atoms with van der Waals surface area (Å²) in [5, 5.41) is 6.80. The standard InChI is InChI=1S/C16H25F2N3O2/c1-9-11(10(2)21(20-9)14(17)18)7-13(22)19-12-8-16(5,23-6)15(12,3)4/h12,14H,7-8H2,1-6H3,(H,19,22)/t12-,16-/m0/s1. The molecule has 0 spiro atoms. The first-order chi connectivity index (χ1) is 10.5. The van der Waals surface area contributed by atoms with E-state index in [4.69, 9.17) is 4.74 Å². The van der Waals surface area contributed by atoms with Crippen molar-refractivity contribution in [3.63, 3.8) is 0 Å². The Kier molecular flexibility index (Phi) is 4.54. The molecule has 7 heteroatoms. The van der Waals surface area contributed by atoms with Gasteiger partial charge in [0, 0.05) is 29.8 Å². The molecule has 23 heavy (non-hydrogen) atoms. The molecule has 0 radical (unpaired) electrons. The Morgan fingerprint density at radius 3 is 2.48 bits per heavy atom. The first-order valence-electron chi connectivity index (χ1n) is 7.70. The number of carbonyl (C=O) groups excluding carboxylic acids is 1. The van der Waals surface area contributed by atoms with Crippen molar-refractivity contribution in [2.45, 2.75) is 65.7 Å². The van der Waals surface area contributed by atoms with E-state index in [0.717, 1.165) is 6.42 Å². The second-order valence-corrected chi connectivity index (χ2v) is 7.03. The smallest absolute Gasteiger partial charge is 0.333 e. The predicted molar refractivity (Wildman–Crippen MR) is 82.4 cm³/mol. The summed E-state index contributed by atoms with van der Waals surface area (Å²) >= 11 is 0. The normalized spacial score (nSPS) is 26.2. The van der Waals surface area contributed by atoms with Gasteiger partial charge < -0.3 is 10.1 Å². The SMILES string of the molecule is CO[C@@]1(C)C[C@H](NC(=O)Cc2c(C)nn(C(F)F)c2C)C1(C)C. The van der Waals surface area contributed by atoms with Gasteiger partial charge >= 0.3 is 6.55 Å². The van der Waals surface area contributed by atoms with Gasteiger partial charge in [0.2, 0.25) is 5.91 Å². The maximum absolute atomic E-state index is 12.8. The summed E-state index contributed by atoms with van der Waals surface area (Å²) < 4.78 is 31.9. The fourth-order valence-corrected chi connectivity index (χ4v) is 3.27. The summed E-state index contributed by atoms with van der Waals surface area (Å²) in [6.07, 6.45) is 0.789. The molecule has 1 aliphatic rings. The maximum Gasteiger partial charge on any atom is 0.333 e. The van der Waals surface area contributed by atoms with E-state index in [-0.39, 0.29) is 29.4 Å². The number of alkyl halides is 2. The third kappa shape index (κ3) is 2.86. The minimum atomic E-state index is -2.70. The summed E-state index contributed by atoms with van der Waals surface area (Å²) in [7, 11) is 1.67. The summed E-state index contributed by atoms with van der Waals surface area (Å²) in [6, 6.07) is 0.00528. The van der Waals surface area contributed by atoms with Gasteiger partial charge in [0.05, 0.1) is 17.7 Å². The highest BCUT2D eigenvalue weighted by Gasteiger charge is 2.58. The summed E-state index contributed by atoms with van der Waals surface area (Å²) in [5.74, 6) is -0.179. The molecule has 0 saturated heterocycles. The molecule has 1 aromatic heterocycles. The highest BCUT2D eigenvalue weighted by molar-refractivity contribution is 5.79. The fourth-order valence-electron chi connectivity index (χ4n) is 3.27. The number of ether oxygens (including phenoxy) is 1. The number of rotatable bonds is 5. The maximum atomic E-state index is 12.8. The molecule has 0 bridgehead atoms. The highest BCUT2D eigenvalue weighted by atomic mass is 19.3. The van der Waals surface area contributed by atoms with Gasteiger partial charge in [-0.1, -0.05) is 13.8 Å². The summed E-state index contributed by atoms with van der Waals surface area (Å²) in [4.78, 5) is 12.3. The lowest BCUT2D eigenvalue weighted by molar-refractivity contribution is -0.182. The summed E-state index contributed by atoms with van der Waals surface area (Å²) in [6.45, 7) is 6.63. The van der Waals surface area contributed by atoms with Gasteiger partial charge in [-0.05, 0) is 27.2 Å². The minimum Gasteiger partial charge on any atom is -0.378 e. The first-order valence-corrected chi connectivity index (χ1v) is 7.70. The molecule has 1 aliphatic carbocycles. The van der Waals surface area contributed by atoms with Crippen LogP contribution in [0.2, 0.25) is 0 Å². The number of hydrogen-bond acceptors (Lipinski definition) is 3. The van der Waals surface area contributed by atoms with Crippen LogP contribution in [-0.2, 0) is 16.0 Å². The molecule has 5 nitrogen and oxygen atoms in total. The molecule has 130 valence electrons. The Bertz CT molecular complexity index is 613. The molecule has 0 unspecified atom stereocenters. The van der Waals surface area contributed by atoms with Gasteiger partial charge in [0.15, 0.2) is 0 Å². The van der Waals surface area contributed by atoms with E-state index in [0.29, 0.717) is 21.6 Å². The van der Waals surface area contributed by atoms with Gasteiger partial charge in [-0.25, -0.2) is 4.68 Å². The second kappa shape index (κ2) is 5.85. The van der Waals surface area contributed by atoms with Crippen LogP contribution in [0.4, 0.5) is 8.78 Å². The Morgan fingerprint density at radius 1 is 1.43 bits per heavy atom. The van der Waals surface area contributed by atoms with E-state index in [1.165, 1.54) is 0 Å². The lowest BCUT2D eigenvalue weighted by Crippen LogP contribution is -2.68. The van der Waals surface area contributed by atoms with Crippen LogP contribution in [0.5, 0.6) is 0 Å². The van der Waals surface area contributed by atoms with Gasteiger partial charge in [-0.3, -0.25) is 4.79 Å². The third-order valence-corrected chi connectivity index (χ3v) is 5.61. The van der Waals surface area contributed by atoms with Crippen LogP contribution < -0.4 is 5.32 Å². The Morgan fingerprint density at radius 2 is 2.04 bits per heavy atom. The van der Waals surface area contributed by atoms with E-state index in [9.17, 15) is 13.6 Å². The molecule has 1 amide bonds. The number of aryl methyl sites for hydroxylation is 1. The van der Waals surface area contributed by atoms with Crippen LogP contribution in [0, 0.1) is 19.3 Å². The molecule has 1 fully saturated rings. The topological polar surface area (TPSA) is 56.1 Å². The number of hydrogen-bond donors (Lipinski definition) is 1. The average molecular weight is 329 g/mol. The predicted octanol–water partition coefficient (Wildman–Crippen LogP) is 2.76. The van der Waals surface area contributed by atoms with Crippen molar-refractivity contribution < 1.29 is 18.3 Å². The van der Waals surface area contributed by atoms with Gasteiger partial charge in [-0.15, -0.1) is 0 Å². The lowest BCUT2D eigenvalue weighted by Gasteiger charge is -2.59. The second-order valence-electron chi connectivity index (χ2n) is 7.03. The average Bonchev–Trinajstić information content (AvgIpc) is 2.74. The number of nitrogens with zero attached hydrogens (tertiary/aromatic N) is 2. The van der Waals surface area contributed by atoms with Crippen LogP contribution in [0.3, 0.4) is 0 Å². The molecule has 1 aromatic rings. The molecule has 1 saturated carbocycles. The van der Waals surface area contributed by atoms with Crippen molar-refractivity contribution in [1.82, 2.24) is 15.1 Å². The van der Waals surface area contributed by atoms with Crippen molar-refractivity contribution in [2.24, 2.45) is 5.41 Å². The monoisotopic (exact) mass is 329 g/mol. The molecule has 2 rings (SSSR count). The number of carbonyl (C=O) groups is 1. The Balaban J connectivity index is 2.05. The molecule has 1 heterocycles. The van der Waals surface area contributed by atoms with Crippen molar-refractivity contribution in [2.75, 3.05) is 7.11 Å². The van der Waals surface area contributed by atoms with E-state index in [2.05, 4.69) is 24.3 Å². The van der Waals surface area contributed by atoms with Crippen LogP contribution in [-0.4, -0.2) is 34.4 Å². The van der Waals surface area contributed by atoms with Crippen LogP contribution in [0.1, 0.15) is 50.7 Å². The molecule has 0 aliphatic heterocycles. The van der Waals surface area contributed by atoms with Gasteiger partial charge in [0.1, 0.15) is 0 Å². The number of halogens is 2. The van der Waals surface area contributed by atoms with Gasteiger partial charge in [0.25, 0.3) is 0 Å². The Hall–Kier alpha value is -1.50. The quantitative estimate of drug-likeness (QED) is 0.904. The molecule has 1 N–H and O–H groups in total. The zero-order chi connectivity index (χ0) is 17.6. The summed E-state index contributed by atoms with van der Waals surface area (Å²) in [5.41, 5.74) is 0.913. The van der Waals surface area contributed by atoms with E-state index >= 15 is 0 Å². The first kappa shape index (κ1) is 17.8. The van der Waals surface area contributed by atoms with Gasteiger partial charge in [-0.2, -0.15) is 13.9 Å². The largest absolute Gasteiger partial charge is 0.378 e. The molecular weight excluding hydrogens is 304 g/mol. The van der Waals surface area contributed by atoms with Crippen molar-refractivity contribution in [3.8, 4) is 0 Å². The number of nitrogens with one attached hydrogen (secondary N) is 1. The fraction of sp³-hybridized carbons (Fsp3) is 0.750. The molecular formula is C16H25F2N3O2. The lowest BCUT2D eigenvalue weighted by atomic mass is 9.56. The van der Waals surface area contributed by atoms with Crippen LogP contribution in [0.25, 0.3) is 0 Å². The third-order valence-electron chi connectivity index (χ3n) is 5.61. The van der Waals surface area contributed by atoms with E-state index in [1.807, 2.05) is 6.92 Å².